The third-order valence-corrected chi connectivity index (χ3v) is 2.06. The molecule has 0 amide bonds. The molecule has 1 heterocycles. The maximum absolute atomic E-state index is 8.82. The zero-order chi connectivity index (χ0) is 9.26. The average molecular weight is 171 g/mol. The van der Waals surface area contributed by atoms with Crippen molar-refractivity contribution in [2.24, 2.45) is 0 Å². The Hall–Kier alpha value is -1.82. The summed E-state index contributed by atoms with van der Waals surface area (Å²) < 4.78 is 1.84. The van der Waals surface area contributed by atoms with Gasteiger partial charge in [-0.3, -0.25) is 4.68 Å². The van der Waals surface area contributed by atoms with Gasteiger partial charge in [0.15, 0.2) is 5.69 Å². The molecule has 0 N–H and O–H groups in total. The van der Waals surface area contributed by atoms with Crippen molar-refractivity contribution < 1.29 is 0 Å². The van der Waals surface area contributed by atoms with Gasteiger partial charge in [0.05, 0.1) is 5.52 Å². The topological polar surface area (TPSA) is 41.6 Å². The molecule has 13 heavy (non-hydrogen) atoms. The van der Waals surface area contributed by atoms with Gasteiger partial charge in [0.25, 0.3) is 0 Å². The summed E-state index contributed by atoms with van der Waals surface area (Å²) in [5.41, 5.74) is 1.54. The van der Waals surface area contributed by atoms with Gasteiger partial charge in [-0.25, -0.2) is 0 Å². The third-order valence-electron chi connectivity index (χ3n) is 2.06. The van der Waals surface area contributed by atoms with Crippen LogP contribution in [0.5, 0.6) is 0 Å². The van der Waals surface area contributed by atoms with Crippen molar-refractivity contribution in [2.75, 3.05) is 0 Å². The van der Waals surface area contributed by atoms with Gasteiger partial charge >= 0.3 is 0 Å². The van der Waals surface area contributed by atoms with Crippen molar-refractivity contribution in [3.8, 4) is 6.07 Å². The van der Waals surface area contributed by atoms with Crippen LogP contribution in [-0.2, 0) is 6.54 Å². The van der Waals surface area contributed by atoms with Crippen LogP contribution in [0.4, 0.5) is 0 Å². The number of rotatable bonds is 1. The molecule has 0 saturated heterocycles. The average Bonchev–Trinajstić information content (AvgIpc) is 2.56. The molecule has 0 spiro atoms. The van der Waals surface area contributed by atoms with E-state index >= 15 is 0 Å². The first-order valence-electron chi connectivity index (χ1n) is 4.22. The second-order valence-electron chi connectivity index (χ2n) is 2.79. The van der Waals surface area contributed by atoms with Crippen LogP contribution in [0.1, 0.15) is 12.6 Å². The van der Waals surface area contributed by atoms with Crippen molar-refractivity contribution >= 4 is 10.9 Å². The van der Waals surface area contributed by atoms with Gasteiger partial charge in [0, 0.05) is 11.9 Å². The van der Waals surface area contributed by atoms with Crippen LogP contribution in [0.3, 0.4) is 0 Å². The Kier molecular flexibility index (Phi) is 1.75. The number of nitrogens with zero attached hydrogens (tertiary/aromatic N) is 3. The number of hydrogen-bond acceptors (Lipinski definition) is 2. The van der Waals surface area contributed by atoms with E-state index in [-0.39, 0.29) is 0 Å². The molecule has 0 aliphatic heterocycles. The maximum Gasteiger partial charge on any atom is 0.170 e. The Morgan fingerprint density at radius 2 is 2.23 bits per heavy atom. The molecule has 64 valence electrons. The second-order valence-corrected chi connectivity index (χ2v) is 2.79. The molecule has 0 aliphatic rings. The lowest BCUT2D eigenvalue weighted by molar-refractivity contribution is 0.681. The molecular weight excluding hydrogens is 162 g/mol. The van der Waals surface area contributed by atoms with Crippen LogP contribution in [0, 0.1) is 11.3 Å². The van der Waals surface area contributed by atoms with Crippen LogP contribution >= 0.6 is 0 Å². The normalized spacial score (nSPS) is 10.2. The van der Waals surface area contributed by atoms with Crippen molar-refractivity contribution in [1.29, 1.82) is 5.26 Å². The maximum atomic E-state index is 8.82. The fraction of sp³-hybridized carbons (Fsp3) is 0.200. The summed E-state index contributed by atoms with van der Waals surface area (Å²) in [7, 11) is 0. The number of nitriles is 1. The highest BCUT2D eigenvalue weighted by Gasteiger charge is 2.06. The van der Waals surface area contributed by atoms with Crippen molar-refractivity contribution in [3.05, 3.63) is 30.0 Å². The molecule has 2 aromatic rings. The van der Waals surface area contributed by atoms with E-state index in [0.29, 0.717) is 5.69 Å². The minimum Gasteiger partial charge on any atom is -0.264 e. The molecule has 0 fully saturated rings. The molecule has 1 aromatic carbocycles. The smallest absolute Gasteiger partial charge is 0.170 e. The van der Waals surface area contributed by atoms with Crippen LogP contribution in [0.15, 0.2) is 24.3 Å². The highest BCUT2D eigenvalue weighted by Crippen LogP contribution is 2.16. The molecule has 0 radical (unpaired) electrons. The summed E-state index contributed by atoms with van der Waals surface area (Å²) in [6.07, 6.45) is 0. The largest absolute Gasteiger partial charge is 0.264 e. The van der Waals surface area contributed by atoms with E-state index in [1.165, 1.54) is 0 Å². The van der Waals surface area contributed by atoms with E-state index < -0.39 is 0 Å². The predicted octanol–water partition coefficient (Wildman–Crippen LogP) is 1.93. The number of hydrogen-bond donors (Lipinski definition) is 0. The molecule has 0 atom stereocenters. The molecule has 0 bridgehead atoms. The number of para-hydroxylation sites is 1. The SMILES string of the molecule is CCn1nc(C#N)c2ccccc21. The van der Waals surface area contributed by atoms with Crippen molar-refractivity contribution in [3.63, 3.8) is 0 Å². The fourth-order valence-electron chi connectivity index (χ4n) is 1.45. The molecule has 1 aromatic heterocycles. The Morgan fingerprint density at radius 3 is 2.92 bits per heavy atom. The molecule has 0 saturated carbocycles. The summed E-state index contributed by atoms with van der Waals surface area (Å²) in [5, 5.41) is 13.9. The van der Waals surface area contributed by atoms with E-state index in [2.05, 4.69) is 11.2 Å². The molecule has 3 nitrogen and oxygen atoms in total. The Labute approximate surface area is 76.2 Å². The van der Waals surface area contributed by atoms with E-state index in [1.54, 1.807) is 0 Å². The molecule has 2 rings (SSSR count). The highest BCUT2D eigenvalue weighted by molar-refractivity contribution is 5.84. The minimum absolute atomic E-state index is 0.512. The highest BCUT2D eigenvalue weighted by atomic mass is 15.3. The minimum atomic E-state index is 0.512. The van der Waals surface area contributed by atoms with E-state index in [1.807, 2.05) is 35.9 Å². The number of aromatic nitrogens is 2. The lowest BCUT2D eigenvalue weighted by Gasteiger charge is -1.95. The van der Waals surface area contributed by atoms with Gasteiger partial charge in [-0.1, -0.05) is 12.1 Å². The van der Waals surface area contributed by atoms with Crippen LogP contribution in [-0.4, -0.2) is 9.78 Å². The Balaban J connectivity index is 2.84. The van der Waals surface area contributed by atoms with Crippen molar-refractivity contribution in [1.82, 2.24) is 9.78 Å². The lowest BCUT2D eigenvalue weighted by Crippen LogP contribution is -1.95. The van der Waals surface area contributed by atoms with Crippen LogP contribution in [0.2, 0.25) is 0 Å². The zero-order valence-corrected chi connectivity index (χ0v) is 7.36. The summed E-state index contributed by atoms with van der Waals surface area (Å²) in [4.78, 5) is 0. The number of aryl methyl sites for hydroxylation is 1. The quantitative estimate of drug-likeness (QED) is 0.657. The summed E-state index contributed by atoms with van der Waals surface area (Å²) in [5.74, 6) is 0. The van der Waals surface area contributed by atoms with Crippen LogP contribution in [0.25, 0.3) is 10.9 Å². The Bertz CT molecular complexity index is 476. The van der Waals surface area contributed by atoms with Gasteiger partial charge in [0.1, 0.15) is 6.07 Å². The third kappa shape index (κ3) is 1.07. The number of fused-ring (bicyclic) bond motifs is 1. The van der Waals surface area contributed by atoms with Crippen molar-refractivity contribution in [2.45, 2.75) is 13.5 Å². The molecule has 0 unspecified atom stereocenters. The van der Waals surface area contributed by atoms with Gasteiger partial charge in [0.2, 0.25) is 0 Å². The standard InChI is InChI=1S/C10H9N3/c1-2-13-10-6-4-3-5-8(10)9(7-11)12-13/h3-6H,2H2,1H3. The van der Waals surface area contributed by atoms with Gasteiger partial charge in [-0.2, -0.15) is 10.4 Å². The molecular formula is C10H9N3. The Morgan fingerprint density at radius 1 is 1.46 bits per heavy atom. The van der Waals surface area contributed by atoms with Gasteiger partial charge in [-0.15, -0.1) is 0 Å². The molecule has 0 aliphatic carbocycles. The van der Waals surface area contributed by atoms with E-state index in [4.69, 9.17) is 5.26 Å². The fourth-order valence-corrected chi connectivity index (χ4v) is 1.45. The first kappa shape index (κ1) is 7.81. The zero-order valence-electron chi connectivity index (χ0n) is 7.36. The number of benzene rings is 1. The molecule has 3 heteroatoms. The monoisotopic (exact) mass is 171 g/mol. The first-order valence-corrected chi connectivity index (χ1v) is 4.22. The van der Waals surface area contributed by atoms with E-state index in [9.17, 15) is 0 Å². The second kappa shape index (κ2) is 2.91. The van der Waals surface area contributed by atoms with Gasteiger partial charge in [-0.05, 0) is 19.1 Å². The van der Waals surface area contributed by atoms with E-state index in [0.717, 1.165) is 17.4 Å². The van der Waals surface area contributed by atoms with Crippen LogP contribution < -0.4 is 0 Å². The lowest BCUT2D eigenvalue weighted by atomic mass is 10.2. The summed E-state index contributed by atoms with van der Waals surface area (Å²) in [6.45, 7) is 2.81. The summed E-state index contributed by atoms with van der Waals surface area (Å²) in [6, 6.07) is 9.87. The first-order chi connectivity index (χ1) is 6.36. The predicted molar refractivity (Wildman–Crippen MR) is 50.1 cm³/mol. The van der Waals surface area contributed by atoms with Gasteiger partial charge < -0.3 is 0 Å². The summed E-state index contributed by atoms with van der Waals surface area (Å²) >= 11 is 0.